The molecule has 0 radical (unpaired) electrons. The van der Waals surface area contributed by atoms with Crippen LogP contribution in [-0.4, -0.2) is 33.7 Å². The fraction of sp³-hybridized carbons (Fsp3) is 0.167. The highest BCUT2D eigenvalue weighted by Crippen LogP contribution is 2.24. The molecule has 0 aromatic carbocycles. The minimum atomic E-state index is -1.12. The second-order valence-corrected chi connectivity index (χ2v) is 3.77. The molecule has 0 aliphatic carbocycles. The molecular weight excluding hydrogens is 238 g/mol. The lowest BCUT2D eigenvalue weighted by molar-refractivity contribution is -0.133. The summed E-state index contributed by atoms with van der Waals surface area (Å²) in [6.45, 7) is 0.370. The van der Waals surface area contributed by atoms with E-state index in [1.54, 1.807) is 12.2 Å². The van der Waals surface area contributed by atoms with Gasteiger partial charge >= 0.3 is 11.9 Å². The molecule has 0 spiro atoms. The molecule has 2 rings (SSSR count). The van der Waals surface area contributed by atoms with Gasteiger partial charge in [-0.05, 0) is 12.2 Å². The number of nitrogens with zero attached hydrogens (tertiary/aromatic N) is 1. The van der Waals surface area contributed by atoms with Crippen LogP contribution in [0, 0.1) is 0 Å². The highest BCUT2D eigenvalue weighted by Gasteiger charge is 2.22. The first-order valence-electron chi connectivity index (χ1n) is 5.22. The van der Waals surface area contributed by atoms with Crippen molar-refractivity contribution in [3.8, 4) is 0 Å². The minimum absolute atomic E-state index is 0.0377. The molecule has 0 aromatic rings. The van der Waals surface area contributed by atoms with Crippen LogP contribution in [0.25, 0.3) is 0 Å². The Hall–Kier alpha value is -2.50. The van der Waals surface area contributed by atoms with Gasteiger partial charge in [-0.15, -0.1) is 0 Å². The topological polar surface area (TPSA) is 87.1 Å². The maximum Gasteiger partial charge on any atom is 0.333 e. The van der Waals surface area contributed by atoms with Crippen LogP contribution in [0.4, 0.5) is 0 Å². The van der Waals surface area contributed by atoms with Crippen LogP contribution in [-0.2, 0) is 14.3 Å². The Kier molecular flexibility index (Phi) is 3.18. The zero-order valence-electron chi connectivity index (χ0n) is 9.37. The van der Waals surface area contributed by atoms with Crippen molar-refractivity contribution in [2.24, 2.45) is 0 Å². The van der Waals surface area contributed by atoms with Crippen LogP contribution >= 0.6 is 0 Å². The van der Waals surface area contributed by atoms with E-state index >= 15 is 0 Å². The van der Waals surface area contributed by atoms with Gasteiger partial charge < -0.3 is 19.8 Å². The van der Waals surface area contributed by atoms with E-state index in [4.69, 9.17) is 14.9 Å². The number of aliphatic carboxylic acids is 2. The summed E-state index contributed by atoms with van der Waals surface area (Å²) in [5, 5.41) is 18.0. The number of carboxylic acids is 2. The lowest BCUT2D eigenvalue weighted by atomic mass is 10.0. The molecule has 18 heavy (non-hydrogen) atoms. The summed E-state index contributed by atoms with van der Waals surface area (Å²) in [7, 11) is 0. The standard InChI is InChI=1S/C12H11NO5/c14-11(15)8-5-9(12(16)17)7-13(6-8)10-1-3-18-4-2-10/h1-3,6-7H,4-5H2,(H,14,15)(H,16,17). The van der Waals surface area contributed by atoms with E-state index in [9.17, 15) is 9.59 Å². The second kappa shape index (κ2) is 4.79. The van der Waals surface area contributed by atoms with Crippen LogP contribution < -0.4 is 0 Å². The molecule has 2 heterocycles. The predicted octanol–water partition coefficient (Wildman–Crippen LogP) is 1.06. The highest BCUT2D eigenvalue weighted by atomic mass is 16.5. The Bertz CT molecular complexity index is 483. The number of carboxylic acid groups (broad SMARTS) is 2. The molecule has 0 atom stereocenters. The number of allylic oxidation sites excluding steroid dienone is 1. The highest BCUT2D eigenvalue weighted by molar-refractivity contribution is 5.93. The molecule has 0 saturated carbocycles. The van der Waals surface area contributed by atoms with E-state index in [1.807, 2.05) is 0 Å². The van der Waals surface area contributed by atoms with Gasteiger partial charge in [-0.1, -0.05) is 0 Å². The summed E-state index contributed by atoms with van der Waals surface area (Å²) in [5.41, 5.74) is 0.754. The monoisotopic (exact) mass is 249 g/mol. The zero-order chi connectivity index (χ0) is 13.1. The number of rotatable bonds is 3. The van der Waals surface area contributed by atoms with Gasteiger partial charge in [0.15, 0.2) is 0 Å². The lowest BCUT2D eigenvalue weighted by Crippen LogP contribution is -2.21. The molecule has 0 aromatic heterocycles. The van der Waals surface area contributed by atoms with Crippen molar-refractivity contribution < 1.29 is 24.5 Å². The molecule has 0 amide bonds. The van der Waals surface area contributed by atoms with E-state index in [2.05, 4.69) is 0 Å². The van der Waals surface area contributed by atoms with Gasteiger partial charge in [-0.2, -0.15) is 0 Å². The molecular formula is C12H11NO5. The smallest absolute Gasteiger partial charge is 0.333 e. The zero-order valence-corrected chi connectivity index (χ0v) is 9.37. The first-order valence-corrected chi connectivity index (χ1v) is 5.22. The molecule has 2 N–H and O–H groups in total. The van der Waals surface area contributed by atoms with E-state index in [1.165, 1.54) is 23.6 Å². The van der Waals surface area contributed by atoms with Gasteiger partial charge in [0, 0.05) is 24.5 Å². The first-order chi connectivity index (χ1) is 8.58. The van der Waals surface area contributed by atoms with Gasteiger partial charge in [0.1, 0.15) is 6.61 Å². The molecule has 0 fully saturated rings. The van der Waals surface area contributed by atoms with Crippen molar-refractivity contribution >= 4 is 11.9 Å². The van der Waals surface area contributed by atoms with Crippen molar-refractivity contribution in [3.05, 3.63) is 47.7 Å². The maximum atomic E-state index is 11.0. The van der Waals surface area contributed by atoms with E-state index in [-0.39, 0.29) is 17.6 Å². The molecule has 2 aliphatic heterocycles. The average molecular weight is 249 g/mol. The van der Waals surface area contributed by atoms with Gasteiger partial charge in [-0.25, -0.2) is 9.59 Å². The van der Waals surface area contributed by atoms with Crippen LogP contribution in [0.3, 0.4) is 0 Å². The molecule has 0 bridgehead atoms. The van der Waals surface area contributed by atoms with Crippen molar-refractivity contribution in [1.29, 1.82) is 0 Å². The van der Waals surface area contributed by atoms with Crippen LogP contribution in [0.1, 0.15) is 6.42 Å². The summed E-state index contributed by atoms with van der Waals surface area (Å²) >= 11 is 0. The number of hydrogen-bond donors (Lipinski definition) is 2. The Morgan fingerprint density at radius 1 is 1.17 bits per heavy atom. The normalized spacial score (nSPS) is 18.4. The predicted molar refractivity (Wildman–Crippen MR) is 61.1 cm³/mol. The molecule has 0 unspecified atom stereocenters. The van der Waals surface area contributed by atoms with Gasteiger partial charge in [0.25, 0.3) is 0 Å². The first kappa shape index (κ1) is 12.0. The largest absolute Gasteiger partial charge is 0.497 e. The van der Waals surface area contributed by atoms with E-state index < -0.39 is 11.9 Å². The fourth-order valence-electron chi connectivity index (χ4n) is 1.65. The van der Waals surface area contributed by atoms with Crippen molar-refractivity contribution in [3.63, 3.8) is 0 Å². The van der Waals surface area contributed by atoms with Gasteiger partial charge in [0.2, 0.25) is 0 Å². The Morgan fingerprint density at radius 3 is 2.22 bits per heavy atom. The quantitative estimate of drug-likeness (QED) is 0.777. The number of carbonyl (C=O) groups is 2. The molecule has 6 nitrogen and oxygen atoms in total. The minimum Gasteiger partial charge on any atom is -0.497 e. The SMILES string of the molecule is O=C(O)C1=CN(C2=CCOC=C2)C=C(C(=O)O)C1. The maximum absolute atomic E-state index is 11.0. The molecule has 94 valence electrons. The van der Waals surface area contributed by atoms with Crippen LogP contribution in [0.2, 0.25) is 0 Å². The fourth-order valence-corrected chi connectivity index (χ4v) is 1.65. The van der Waals surface area contributed by atoms with Crippen LogP contribution in [0.15, 0.2) is 47.7 Å². The van der Waals surface area contributed by atoms with Gasteiger partial charge in [-0.3, -0.25) is 0 Å². The van der Waals surface area contributed by atoms with Crippen molar-refractivity contribution in [1.82, 2.24) is 4.90 Å². The third-order valence-corrected chi connectivity index (χ3v) is 2.54. The third kappa shape index (κ3) is 2.42. The average Bonchev–Trinajstić information content (AvgIpc) is 2.39. The Labute approximate surface area is 103 Å². The van der Waals surface area contributed by atoms with Crippen molar-refractivity contribution in [2.75, 3.05) is 6.61 Å². The van der Waals surface area contributed by atoms with Crippen molar-refractivity contribution in [2.45, 2.75) is 6.42 Å². The molecule has 6 heteroatoms. The third-order valence-electron chi connectivity index (χ3n) is 2.54. The lowest BCUT2D eigenvalue weighted by Gasteiger charge is -2.24. The summed E-state index contributed by atoms with van der Waals surface area (Å²) in [6.07, 6.45) is 7.59. The van der Waals surface area contributed by atoms with Crippen LogP contribution in [0.5, 0.6) is 0 Å². The van der Waals surface area contributed by atoms with E-state index in [0.29, 0.717) is 12.3 Å². The molecule has 0 saturated heterocycles. The second-order valence-electron chi connectivity index (χ2n) is 3.77. The molecule has 2 aliphatic rings. The van der Waals surface area contributed by atoms with E-state index in [0.717, 1.165) is 0 Å². The number of hydrogen-bond acceptors (Lipinski definition) is 4. The van der Waals surface area contributed by atoms with Gasteiger partial charge in [0.05, 0.1) is 17.4 Å². The summed E-state index contributed by atoms with van der Waals surface area (Å²) in [4.78, 5) is 23.4. The summed E-state index contributed by atoms with van der Waals surface area (Å²) < 4.78 is 4.98. The number of ether oxygens (including phenoxy) is 1. The Balaban J connectivity index is 2.33. The Morgan fingerprint density at radius 2 is 1.78 bits per heavy atom. The summed E-state index contributed by atoms with van der Waals surface area (Å²) in [5.74, 6) is -2.24. The summed E-state index contributed by atoms with van der Waals surface area (Å²) in [6, 6.07) is 0.